The molecule has 0 radical (unpaired) electrons. The predicted octanol–water partition coefficient (Wildman–Crippen LogP) is 3.38. The van der Waals surface area contributed by atoms with Gasteiger partial charge in [-0.15, -0.1) is 11.3 Å². The van der Waals surface area contributed by atoms with Gasteiger partial charge in [0.05, 0.1) is 4.88 Å². The monoisotopic (exact) mass is 346 g/mol. The second kappa shape index (κ2) is 8.49. The maximum Gasteiger partial charge on any atom is 0.265 e. The molecule has 0 saturated carbocycles. The molecule has 0 spiro atoms. The van der Waals surface area contributed by atoms with Crippen LogP contribution in [0.1, 0.15) is 40.4 Å². The van der Waals surface area contributed by atoms with Crippen LogP contribution in [-0.2, 0) is 17.6 Å². The average molecular weight is 346 g/mol. The second-order valence-electron chi connectivity index (χ2n) is 5.40. The molecule has 5 nitrogen and oxygen atoms in total. The first kappa shape index (κ1) is 18.0. The number of carbonyl (C=O) groups is 2. The summed E-state index contributed by atoms with van der Waals surface area (Å²) in [7, 11) is 0. The highest BCUT2D eigenvalue weighted by atomic mass is 32.1. The quantitative estimate of drug-likeness (QED) is 0.769. The van der Waals surface area contributed by atoms with Gasteiger partial charge >= 0.3 is 0 Å². The van der Waals surface area contributed by atoms with E-state index in [4.69, 9.17) is 10.5 Å². The molecule has 0 bridgehead atoms. The fraction of sp³-hybridized carbons (Fsp3) is 0.333. The molecule has 2 amide bonds. The van der Waals surface area contributed by atoms with E-state index in [0.717, 1.165) is 24.1 Å². The Balaban J connectivity index is 2.02. The molecule has 6 heteroatoms. The van der Waals surface area contributed by atoms with E-state index in [1.54, 1.807) is 35.6 Å². The highest BCUT2D eigenvalue weighted by molar-refractivity contribution is 7.14. The second-order valence-corrected chi connectivity index (χ2v) is 6.53. The summed E-state index contributed by atoms with van der Waals surface area (Å²) >= 11 is 1.56. The predicted molar refractivity (Wildman–Crippen MR) is 96.8 cm³/mol. The van der Waals surface area contributed by atoms with Crippen molar-refractivity contribution in [3.8, 4) is 5.75 Å². The van der Waals surface area contributed by atoms with Gasteiger partial charge in [0.2, 0.25) is 0 Å². The Morgan fingerprint density at radius 3 is 2.50 bits per heavy atom. The molecule has 0 aliphatic carbocycles. The van der Waals surface area contributed by atoms with Gasteiger partial charge in [0.1, 0.15) is 5.75 Å². The normalized spacial score (nSPS) is 10.4. The number of hydrogen-bond donors (Lipinski definition) is 2. The Labute approximate surface area is 145 Å². The summed E-state index contributed by atoms with van der Waals surface area (Å²) in [6.45, 7) is 4.08. The van der Waals surface area contributed by atoms with Crippen LogP contribution in [0.4, 0.5) is 5.69 Å². The summed E-state index contributed by atoms with van der Waals surface area (Å²) in [6.07, 6.45) is 3.01. The largest absolute Gasteiger partial charge is 0.484 e. The SMILES string of the molecule is CCCc1sc(C(=O)Nc2ccc(OCC(N)=O)cc2)cc1CC. The molecule has 1 aromatic carbocycles. The summed E-state index contributed by atoms with van der Waals surface area (Å²) in [5, 5.41) is 2.88. The molecule has 0 aliphatic rings. The zero-order chi connectivity index (χ0) is 17.5. The lowest BCUT2D eigenvalue weighted by molar-refractivity contribution is -0.119. The van der Waals surface area contributed by atoms with Crippen molar-refractivity contribution in [2.24, 2.45) is 5.73 Å². The third-order valence-electron chi connectivity index (χ3n) is 3.47. The summed E-state index contributed by atoms with van der Waals surface area (Å²) in [4.78, 5) is 25.1. The molecule has 2 rings (SSSR count). The number of primary amides is 1. The van der Waals surface area contributed by atoms with Gasteiger partial charge in [-0.1, -0.05) is 20.3 Å². The van der Waals surface area contributed by atoms with Crippen LogP contribution in [0.3, 0.4) is 0 Å². The molecule has 3 N–H and O–H groups in total. The molecule has 0 aliphatic heterocycles. The first-order chi connectivity index (χ1) is 11.5. The Kier molecular flexibility index (Phi) is 6.37. The molecule has 0 fully saturated rings. The van der Waals surface area contributed by atoms with E-state index < -0.39 is 5.91 Å². The van der Waals surface area contributed by atoms with Crippen LogP contribution < -0.4 is 15.8 Å². The smallest absolute Gasteiger partial charge is 0.265 e. The number of rotatable bonds is 8. The van der Waals surface area contributed by atoms with E-state index in [1.807, 2.05) is 6.07 Å². The van der Waals surface area contributed by atoms with Crippen molar-refractivity contribution in [3.05, 3.63) is 45.6 Å². The summed E-state index contributed by atoms with van der Waals surface area (Å²) in [6, 6.07) is 8.82. The minimum Gasteiger partial charge on any atom is -0.484 e. The highest BCUT2D eigenvalue weighted by Gasteiger charge is 2.13. The summed E-state index contributed by atoms with van der Waals surface area (Å²) < 4.78 is 5.19. The first-order valence-corrected chi connectivity index (χ1v) is 8.79. The van der Waals surface area contributed by atoms with Gasteiger partial charge in [-0.05, 0) is 48.7 Å². The Morgan fingerprint density at radius 1 is 1.21 bits per heavy atom. The molecular formula is C18H22N2O3S. The zero-order valence-electron chi connectivity index (χ0n) is 13.9. The van der Waals surface area contributed by atoms with Crippen molar-refractivity contribution in [1.29, 1.82) is 0 Å². The van der Waals surface area contributed by atoms with Crippen LogP contribution >= 0.6 is 11.3 Å². The third kappa shape index (κ3) is 4.83. The number of hydrogen-bond acceptors (Lipinski definition) is 4. The minimum absolute atomic E-state index is 0.108. The molecule has 0 saturated heterocycles. The van der Waals surface area contributed by atoms with Crippen molar-refractivity contribution in [2.75, 3.05) is 11.9 Å². The van der Waals surface area contributed by atoms with Gasteiger partial charge < -0.3 is 15.8 Å². The topological polar surface area (TPSA) is 81.4 Å². The van der Waals surface area contributed by atoms with Crippen molar-refractivity contribution in [1.82, 2.24) is 0 Å². The molecule has 0 atom stereocenters. The van der Waals surface area contributed by atoms with Crippen LogP contribution in [-0.4, -0.2) is 18.4 Å². The van der Waals surface area contributed by atoms with Crippen molar-refractivity contribution in [3.63, 3.8) is 0 Å². The number of benzene rings is 1. The molecule has 0 unspecified atom stereocenters. The molecule has 24 heavy (non-hydrogen) atoms. The number of anilines is 1. The molecule has 1 heterocycles. The van der Waals surface area contributed by atoms with E-state index in [1.165, 1.54) is 10.4 Å². The molecule has 2 aromatic rings. The van der Waals surface area contributed by atoms with E-state index in [0.29, 0.717) is 11.4 Å². The van der Waals surface area contributed by atoms with Crippen LogP contribution in [0.25, 0.3) is 0 Å². The van der Waals surface area contributed by atoms with E-state index in [2.05, 4.69) is 19.2 Å². The maximum atomic E-state index is 12.4. The van der Waals surface area contributed by atoms with E-state index in [9.17, 15) is 9.59 Å². The van der Waals surface area contributed by atoms with E-state index >= 15 is 0 Å². The third-order valence-corrected chi connectivity index (χ3v) is 4.71. The van der Waals surface area contributed by atoms with Gasteiger partial charge in [0, 0.05) is 10.6 Å². The van der Waals surface area contributed by atoms with Gasteiger partial charge in [-0.2, -0.15) is 0 Å². The first-order valence-electron chi connectivity index (χ1n) is 7.97. The van der Waals surface area contributed by atoms with Gasteiger partial charge in [-0.25, -0.2) is 0 Å². The van der Waals surface area contributed by atoms with Gasteiger partial charge in [0.15, 0.2) is 6.61 Å². The number of carbonyl (C=O) groups excluding carboxylic acids is 2. The number of aryl methyl sites for hydroxylation is 2. The number of ether oxygens (including phenoxy) is 1. The Morgan fingerprint density at radius 2 is 1.92 bits per heavy atom. The standard InChI is InChI=1S/C18H22N2O3S/c1-3-5-15-12(4-2)10-16(24-15)18(22)20-13-6-8-14(9-7-13)23-11-17(19)21/h6-10H,3-5,11H2,1-2H3,(H2,19,21)(H,20,22). The van der Waals surface area contributed by atoms with Gasteiger partial charge in [0.25, 0.3) is 11.8 Å². The van der Waals surface area contributed by atoms with Crippen molar-refractivity contribution in [2.45, 2.75) is 33.1 Å². The lowest BCUT2D eigenvalue weighted by Crippen LogP contribution is -2.20. The molecular weight excluding hydrogens is 324 g/mol. The lowest BCUT2D eigenvalue weighted by Gasteiger charge is -2.06. The summed E-state index contributed by atoms with van der Waals surface area (Å²) in [5.41, 5.74) is 6.96. The highest BCUT2D eigenvalue weighted by Crippen LogP contribution is 2.26. The fourth-order valence-corrected chi connectivity index (χ4v) is 3.55. The number of thiophene rings is 1. The average Bonchev–Trinajstić information content (AvgIpc) is 2.98. The minimum atomic E-state index is -0.528. The zero-order valence-corrected chi connectivity index (χ0v) is 14.7. The van der Waals surface area contributed by atoms with Crippen LogP contribution in [0.15, 0.2) is 30.3 Å². The van der Waals surface area contributed by atoms with Crippen LogP contribution in [0, 0.1) is 0 Å². The van der Waals surface area contributed by atoms with Gasteiger partial charge in [-0.3, -0.25) is 9.59 Å². The van der Waals surface area contributed by atoms with Crippen LogP contribution in [0.5, 0.6) is 5.75 Å². The number of nitrogens with one attached hydrogen (secondary N) is 1. The van der Waals surface area contributed by atoms with Crippen LogP contribution in [0.2, 0.25) is 0 Å². The number of nitrogens with two attached hydrogens (primary N) is 1. The van der Waals surface area contributed by atoms with E-state index in [-0.39, 0.29) is 12.5 Å². The van der Waals surface area contributed by atoms with Crippen molar-refractivity contribution < 1.29 is 14.3 Å². The summed E-state index contributed by atoms with van der Waals surface area (Å²) in [5.74, 6) is -0.107. The van der Waals surface area contributed by atoms with Crippen molar-refractivity contribution >= 4 is 28.8 Å². The Hall–Kier alpha value is -2.34. The number of amides is 2. The molecule has 1 aromatic heterocycles. The maximum absolute atomic E-state index is 12.4. The molecule has 128 valence electrons. The lowest BCUT2D eigenvalue weighted by atomic mass is 10.1. The fourth-order valence-electron chi connectivity index (χ4n) is 2.30. The Bertz CT molecular complexity index is 708.